The van der Waals surface area contributed by atoms with Crippen LogP contribution in [0.15, 0.2) is 43.0 Å². The Morgan fingerprint density at radius 3 is 2.56 bits per heavy atom. The number of amides is 1. The van der Waals surface area contributed by atoms with E-state index < -0.39 is 12.0 Å². The number of nitrogens with one attached hydrogen (secondary N) is 1. The first kappa shape index (κ1) is 14.0. The molecule has 0 saturated carbocycles. The van der Waals surface area contributed by atoms with Crippen molar-refractivity contribution in [2.75, 3.05) is 0 Å². The van der Waals surface area contributed by atoms with Crippen LogP contribution in [0.4, 0.5) is 0 Å². The lowest BCUT2D eigenvalue weighted by Crippen LogP contribution is -2.40. The number of rotatable bonds is 7. The van der Waals surface area contributed by atoms with Crippen molar-refractivity contribution in [2.45, 2.75) is 25.3 Å². The number of allylic oxidation sites excluding steroid dienone is 1. The van der Waals surface area contributed by atoms with Gasteiger partial charge >= 0.3 is 5.97 Å². The normalized spacial score (nSPS) is 11.6. The van der Waals surface area contributed by atoms with E-state index in [1.807, 2.05) is 0 Å². The van der Waals surface area contributed by atoms with Crippen LogP contribution in [0.1, 0.15) is 29.6 Å². The van der Waals surface area contributed by atoms with Gasteiger partial charge in [0.05, 0.1) is 0 Å². The highest BCUT2D eigenvalue weighted by molar-refractivity contribution is 5.96. The Hall–Kier alpha value is -2.10. The molecule has 0 fully saturated rings. The van der Waals surface area contributed by atoms with Gasteiger partial charge in [0.2, 0.25) is 0 Å². The highest BCUT2D eigenvalue weighted by atomic mass is 16.4. The van der Waals surface area contributed by atoms with Crippen molar-refractivity contribution in [2.24, 2.45) is 0 Å². The maximum Gasteiger partial charge on any atom is 0.326 e. The van der Waals surface area contributed by atoms with Crippen LogP contribution in [-0.2, 0) is 4.79 Å². The van der Waals surface area contributed by atoms with E-state index in [1.54, 1.807) is 36.4 Å². The SMILES string of the molecule is C=CCCC[C@@H](NC(=O)c1ccccc1)C(=O)O. The molecule has 4 nitrogen and oxygen atoms in total. The number of carboxylic acids is 1. The molecule has 0 aliphatic rings. The second-order valence-corrected chi connectivity index (χ2v) is 3.95. The molecule has 1 aromatic carbocycles. The summed E-state index contributed by atoms with van der Waals surface area (Å²) in [6, 6.07) is 7.73. The molecule has 1 aromatic rings. The molecular formula is C14H17NO3. The van der Waals surface area contributed by atoms with Crippen LogP contribution in [0.3, 0.4) is 0 Å². The molecule has 0 bridgehead atoms. The van der Waals surface area contributed by atoms with Crippen LogP contribution in [0.25, 0.3) is 0 Å². The zero-order valence-electron chi connectivity index (χ0n) is 10.1. The van der Waals surface area contributed by atoms with Crippen molar-refractivity contribution in [1.82, 2.24) is 5.32 Å². The predicted molar refractivity (Wildman–Crippen MR) is 69.4 cm³/mol. The largest absolute Gasteiger partial charge is 0.480 e. The highest BCUT2D eigenvalue weighted by Gasteiger charge is 2.19. The lowest BCUT2D eigenvalue weighted by molar-refractivity contribution is -0.139. The number of carbonyl (C=O) groups is 2. The first-order chi connectivity index (χ1) is 8.65. The fourth-order valence-electron chi connectivity index (χ4n) is 1.55. The fraction of sp³-hybridized carbons (Fsp3) is 0.286. The number of hydrogen-bond acceptors (Lipinski definition) is 2. The second-order valence-electron chi connectivity index (χ2n) is 3.95. The van der Waals surface area contributed by atoms with Gasteiger partial charge in [-0.15, -0.1) is 6.58 Å². The van der Waals surface area contributed by atoms with Crippen LogP contribution in [0, 0.1) is 0 Å². The molecule has 0 radical (unpaired) electrons. The third-order valence-electron chi connectivity index (χ3n) is 2.54. The Bertz CT molecular complexity index is 414. The van der Waals surface area contributed by atoms with Gasteiger partial charge in [-0.25, -0.2) is 4.79 Å². The van der Waals surface area contributed by atoms with Gasteiger partial charge < -0.3 is 10.4 Å². The van der Waals surface area contributed by atoms with Crippen molar-refractivity contribution >= 4 is 11.9 Å². The quantitative estimate of drug-likeness (QED) is 0.573. The van der Waals surface area contributed by atoms with Crippen molar-refractivity contribution < 1.29 is 14.7 Å². The number of unbranched alkanes of at least 4 members (excludes halogenated alkanes) is 1. The summed E-state index contributed by atoms with van der Waals surface area (Å²) < 4.78 is 0. The molecule has 4 heteroatoms. The van der Waals surface area contributed by atoms with E-state index in [0.29, 0.717) is 18.4 Å². The molecule has 0 aliphatic carbocycles. The second kappa shape index (κ2) is 7.27. The predicted octanol–water partition coefficient (Wildman–Crippen LogP) is 2.23. The Morgan fingerprint density at radius 1 is 1.33 bits per heavy atom. The van der Waals surface area contributed by atoms with Crippen LogP contribution >= 0.6 is 0 Å². The fourth-order valence-corrected chi connectivity index (χ4v) is 1.55. The molecule has 1 rings (SSSR count). The summed E-state index contributed by atoms with van der Waals surface area (Å²) in [6.45, 7) is 3.58. The first-order valence-corrected chi connectivity index (χ1v) is 5.84. The van der Waals surface area contributed by atoms with Crippen LogP contribution in [0.5, 0.6) is 0 Å². The van der Waals surface area contributed by atoms with E-state index in [4.69, 9.17) is 5.11 Å². The van der Waals surface area contributed by atoms with E-state index in [-0.39, 0.29) is 5.91 Å². The lowest BCUT2D eigenvalue weighted by atomic mass is 10.1. The Labute approximate surface area is 106 Å². The maximum absolute atomic E-state index is 11.8. The summed E-state index contributed by atoms with van der Waals surface area (Å²) in [5.74, 6) is -1.37. The Morgan fingerprint density at radius 2 is 2.00 bits per heavy atom. The van der Waals surface area contributed by atoms with Gasteiger partial charge in [-0.05, 0) is 31.4 Å². The third-order valence-corrected chi connectivity index (χ3v) is 2.54. The van der Waals surface area contributed by atoms with Gasteiger partial charge in [0, 0.05) is 5.56 Å². The van der Waals surface area contributed by atoms with E-state index in [0.717, 1.165) is 6.42 Å². The van der Waals surface area contributed by atoms with Crippen molar-refractivity contribution in [3.05, 3.63) is 48.6 Å². The van der Waals surface area contributed by atoms with Crippen molar-refractivity contribution in [1.29, 1.82) is 0 Å². The summed E-state index contributed by atoms with van der Waals surface area (Å²) >= 11 is 0. The van der Waals surface area contributed by atoms with Crippen molar-refractivity contribution in [3.8, 4) is 0 Å². The van der Waals surface area contributed by atoms with Gasteiger partial charge in [-0.3, -0.25) is 4.79 Å². The zero-order chi connectivity index (χ0) is 13.4. The number of carbonyl (C=O) groups excluding carboxylic acids is 1. The molecule has 1 amide bonds. The summed E-state index contributed by atoms with van der Waals surface area (Å²) in [7, 11) is 0. The summed E-state index contributed by atoms with van der Waals surface area (Å²) in [5, 5.41) is 11.5. The first-order valence-electron chi connectivity index (χ1n) is 5.84. The molecule has 1 atom stereocenters. The van der Waals surface area contributed by atoms with Gasteiger partial charge in [-0.2, -0.15) is 0 Å². The summed E-state index contributed by atoms with van der Waals surface area (Å²) in [6.07, 6.45) is 3.57. The molecule has 96 valence electrons. The minimum Gasteiger partial charge on any atom is -0.480 e. The zero-order valence-corrected chi connectivity index (χ0v) is 10.1. The van der Waals surface area contributed by atoms with Gasteiger partial charge in [0.25, 0.3) is 5.91 Å². The minimum atomic E-state index is -1.01. The minimum absolute atomic E-state index is 0.360. The molecule has 0 aromatic heterocycles. The van der Waals surface area contributed by atoms with Crippen LogP contribution in [-0.4, -0.2) is 23.0 Å². The molecular weight excluding hydrogens is 230 g/mol. The average Bonchev–Trinajstić information content (AvgIpc) is 2.38. The molecule has 0 aliphatic heterocycles. The molecule has 0 heterocycles. The highest BCUT2D eigenvalue weighted by Crippen LogP contribution is 2.04. The number of benzene rings is 1. The third kappa shape index (κ3) is 4.41. The van der Waals surface area contributed by atoms with E-state index >= 15 is 0 Å². The van der Waals surface area contributed by atoms with Crippen molar-refractivity contribution in [3.63, 3.8) is 0 Å². The molecule has 0 unspecified atom stereocenters. The maximum atomic E-state index is 11.8. The number of aliphatic carboxylic acids is 1. The summed E-state index contributed by atoms with van der Waals surface area (Å²) in [4.78, 5) is 22.8. The van der Waals surface area contributed by atoms with Crippen LogP contribution < -0.4 is 5.32 Å². The average molecular weight is 247 g/mol. The van der Waals surface area contributed by atoms with Gasteiger partial charge in [0.1, 0.15) is 6.04 Å². The monoisotopic (exact) mass is 247 g/mol. The Balaban J connectivity index is 2.58. The van der Waals surface area contributed by atoms with Gasteiger partial charge in [-0.1, -0.05) is 24.3 Å². The van der Waals surface area contributed by atoms with E-state index in [2.05, 4.69) is 11.9 Å². The Kier molecular flexibility index (Phi) is 5.64. The molecule has 0 saturated heterocycles. The number of hydrogen-bond donors (Lipinski definition) is 2. The van der Waals surface area contributed by atoms with Crippen LogP contribution in [0.2, 0.25) is 0 Å². The lowest BCUT2D eigenvalue weighted by Gasteiger charge is -2.14. The topological polar surface area (TPSA) is 66.4 Å². The standard InChI is InChI=1S/C14H17NO3/c1-2-3-5-10-12(14(17)18)15-13(16)11-8-6-4-7-9-11/h2,4,6-9,12H,1,3,5,10H2,(H,15,16)(H,17,18)/t12-/m1/s1. The van der Waals surface area contributed by atoms with E-state index in [1.165, 1.54) is 0 Å². The van der Waals surface area contributed by atoms with E-state index in [9.17, 15) is 9.59 Å². The van der Waals surface area contributed by atoms with Gasteiger partial charge in [0.15, 0.2) is 0 Å². The molecule has 18 heavy (non-hydrogen) atoms. The molecule has 2 N–H and O–H groups in total. The summed E-state index contributed by atoms with van der Waals surface area (Å²) in [5.41, 5.74) is 0.465. The molecule has 0 spiro atoms. The smallest absolute Gasteiger partial charge is 0.326 e. The number of carboxylic acid groups (broad SMARTS) is 1.